The second kappa shape index (κ2) is 8.28. The van der Waals surface area contributed by atoms with Crippen LogP contribution in [0.15, 0.2) is 33.9 Å². The number of nitrogens with zero attached hydrogens (tertiary/aromatic N) is 1. The van der Waals surface area contributed by atoms with Crippen molar-refractivity contribution in [3.05, 3.63) is 40.8 Å². The van der Waals surface area contributed by atoms with Crippen molar-refractivity contribution in [3.8, 4) is 0 Å². The normalized spacial score (nSPS) is 22.4. The molecule has 194 valence electrons. The first kappa shape index (κ1) is 24.4. The quantitative estimate of drug-likeness (QED) is 0.561. The Morgan fingerprint density at radius 3 is 2.33 bits per heavy atom. The smallest absolute Gasteiger partial charge is 0.259 e. The molecular weight excluding hydrogens is 518 g/mol. The van der Waals surface area contributed by atoms with E-state index < -0.39 is 20.0 Å². The highest BCUT2D eigenvalue weighted by molar-refractivity contribution is 7.92. The van der Waals surface area contributed by atoms with Gasteiger partial charge in [-0.3, -0.25) is 9.52 Å². The Morgan fingerprint density at radius 1 is 1.03 bits per heavy atom. The van der Waals surface area contributed by atoms with Crippen LogP contribution in [0.25, 0.3) is 0 Å². The number of nitrogens with one attached hydrogen (secondary N) is 2. The summed E-state index contributed by atoms with van der Waals surface area (Å²) in [6.07, 6.45) is 10.6. The molecule has 2 N–H and O–H groups in total. The molecule has 4 aliphatic rings. The van der Waals surface area contributed by atoms with Gasteiger partial charge in [0.05, 0.1) is 11.8 Å². The number of carbonyl (C=O) groups is 1. The molecule has 3 saturated carbocycles. The predicted octanol–water partition coefficient (Wildman–Crippen LogP) is 4.20. The standard InChI is InChI=1S/C25H31N3O5S3/c1-35(30,31)26-19-5-6-21-20(14-19)25(11-9-24(7-8-24)10-12-25)16-28(21)23(29)17-13-22(34-15-17)36(32,33)27-18-3-2-4-18/h5-6,13-15,18,26-27H,2-4,7-12,16H2,1H3. The van der Waals surface area contributed by atoms with Crippen LogP contribution < -0.4 is 14.3 Å². The van der Waals surface area contributed by atoms with Gasteiger partial charge in [-0.2, -0.15) is 0 Å². The molecule has 0 saturated heterocycles. The van der Waals surface area contributed by atoms with Gasteiger partial charge >= 0.3 is 0 Å². The van der Waals surface area contributed by atoms with Crippen LogP contribution in [-0.4, -0.2) is 41.6 Å². The van der Waals surface area contributed by atoms with Crippen molar-refractivity contribution in [1.29, 1.82) is 0 Å². The number of benzene rings is 1. The minimum absolute atomic E-state index is 0.0163. The lowest BCUT2D eigenvalue weighted by molar-refractivity contribution is 0.0980. The summed E-state index contributed by atoms with van der Waals surface area (Å²) in [6.45, 7) is 0.526. The summed E-state index contributed by atoms with van der Waals surface area (Å²) < 4.78 is 54.7. The van der Waals surface area contributed by atoms with Gasteiger partial charge in [-0.1, -0.05) is 6.42 Å². The number of anilines is 2. The molecule has 0 atom stereocenters. The molecule has 1 amide bonds. The molecule has 2 aromatic rings. The molecule has 0 unspecified atom stereocenters. The van der Waals surface area contributed by atoms with Gasteiger partial charge in [-0.05, 0) is 86.6 Å². The molecule has 11 heteroatoms. The maximum Gasteiger partial charge on any atom is 0.259 e. The Bertz CT molecular complexity index is 1430. The second-order valence-electron chi connectivity index (χ2n) is 11.2. The summed E-state index contributed by atoms with van der Waals surface area (Å²) in [6, 6.07) is 6.87. The molecule has 2 spiro atoms. The SMILES string of the molecule is CS(=O)(=O)Nc1ccc2c(c1)C1(CCC3(CC3)CC1)CN2C(=O)c1csc(S(=O)(=O)NC2CCC2)c1. The molecule has 1 aliphatic heterocycles. The minimum atomic E-state index is -3.64. The van der Waals surface area contributed by atoms with E-state index in [4.69, 9.17) is 0 Å². The van der Waals surface area contributed by atoms with Gasteiger partial charge in [-0.15, -0.1) is 11.3 Å². The molecule has 1 aromatic carbocycles. The third-order valence-corrected chi connectivity index (χ3v) is 12.2. The molecule has 0 radical (unpaired) electrons. The highest BCUT2D eigenvalue weighted by Gasteiger charge is 2.53. The van der Waals surface area contributed by atoms with E-state index in [1.165, 1.54) is 18.9 Å². The Kier molecular flexibility index (Phi) is 5.61. The maximum absolute atomic E-state index is 13.7. The van der Waals surface area contributed by atoms with Gasteiger partial charge in [0.1, 0.15) is 4.21 Å². The van der Waals surface area contributed by atoms with Gasteiger partial charge in [0.2, 0.25) is 20.0 Å². The average molecular weight is 550 g/mol. The van der Waals surface area contributed by atoms with Gasteiger partial charge in [0.25, 0.3) is 5.91 Å². The fraction of sp³-hybridized carbons (Fsp3) is 0.560. The summed E-state index contributed by atoms with van der Waals surface area (Å²) >= 11 is 1.07. The van der Waals surface area contributed by atoms with Gasteiger partial charge < -0.3 is 4.90 Å². The number of rotatable bonds is 6. The number of hydrogen-bond donors (Lipinski definition) is 2. The lowest BCUT2D eigenvalue weighted by atomic mass is 9.66. The molecule has 0 bridgehead atoms. The summed E-state index contributed by atoms with van der Waals surface area (Å²) in [4.78, 5) is 15.5. The summed E-state index contributed by atoms with van der Waals surface area (Å²) in [5, 5.41) is 1.63. The van der Waals surface area contributed by atoms with E-state index in [0.717, 1.165) is 73.8 Å². The first-order chi connectivity index (χ1) is 17.0. The molecule has 3 aliphatic carbocycles. The van der Waals surface area contributed by atoms with Crippen molar-refractivity contribution in [2.45, 2.75) is 73.5 Å². The van der Waals surface area contributed by atoms with Crippen LogP contribution in [-0.2, 0) is 25.5 Å². The van der Waals surface area contributed by atoms with Gasteiger partial charge in [-0.25, -0.2) is 21.6 Å². The number of hydrogen-bond acceptors (Lipinski definition) is 6. The van der Waals surface area contributed by atoms with Crippen molar-refractivity contribution in [1.82, 2.24) is 4.72 Å². The number of sulfonamides is 2. The Morgan fingerprint density at radius 2 is 1.72 bits per heavy atom. The second-order valence-corrected chi connectivity index (χ2v) is 15.8. The van der Waals surface area contributed by atoms with Crippen molar-refractivity contribution in [3.63, 3.8) is 0 Å². The largest absolute Gasteiger partial charge is 0.307 e. The Hall–Kier alpha value is -1.95. The fourth-order valence-corrected chi connectivity index (χ4v) is 9.05. The van der Waals surface area contributed by atoms with Crippen LogP contribution in [0.5, 0.6) is 0 Å². The molecule has 3 fully saturated rings. The van der Waals surface area contributed by atoms with E-state index in [9.17, 15) is 21.6 Å². The van der Waals surface area contributed by atoms with Crippen molar-refractivity contribution in [2.75, 3.05) is 22.4 Å². The number of fused-ring (bicyclic) bond motifs is 2. The third kappa shape index (κ3) is 4.37. The van der Waals surface area contributed by atoms with E-state index in [-0.39, 0.29) is 21.6 Å². The third-order valence-electron chi connectivity index (χ3n) is 8.61. The van der Waals surface area contributed by atoms with Gasteiger partial charge in [0, 0.05) is 34.8 Å². The van der Waals surface area contributed by atoms with Crippen LogP contribution in [0, 0.1) is 5.41 Å². The molecular formula is C25H31N3O5S3. The van der Waals surface area contributed by atoms with Crippen LogP contribution in [0.4, 0.5) is 11.4 Å². The summed E-state index contributed by atoms with van der Waals surface area (Å²) in [5.74, 6) is -0.218. The lowest BCUT2D eigenvalue weighted by Gasteiger charge is -2.38. The van der Waals surface area contributed by atoms with Crippen LogP contribution >= 0.6 is 11.3 Å². The van der Waals surface area contributed by atoms with Crippen molar-refractivity contribution < 1.29 is 21.6 Å². The van der Waals surface area contributed by atoms with E-state index in [2.05, 4.69) is 9.44 Å². The highest BCUT2D eigenvalue weighted by atomic mass is 32.2. The summed E-state index contributed by atoms with van der Waals surface area (Å²) in [7, 11) is -7.07. The van der Waals surface area contributed by atoms with Gasteiger partial charge in [0.15, 0.2) is 0 Å². The molecule has 1 aromatic heterocycles. The fourth-order valence-electron chi connectivity index (χ4n) is 6.02. The Labute approximate surface area is 216 Å². The molecule has 6 rings (SSSR count). The number of amides is 1. The first-order valence-corrected chi connectivity index (χ1v) is 16.8. The number of carbonyl (C=O) groups excluding carboxylic acids is 1. The monoisotopic (exact) mass is 549 g/mol. The van der Waals surface area contributed by atoms with Crippen molar-refractivity contribution >= 4 is 48.7 Å². The van der Waals surface area contributed by atoms with Crippen LogP contribution in [0.3, 0.4) is 0 Å². The van der Waals surface area contributed by atoms with Crippen molar-refractivity contribution in [2.24, 2.45) is 5.41 Å². The summed E-state index contributed by atoms with van der Waals surface area (Å²) in [5.41, 5.74) is 2.91. The minimum Gasteiger partial charge on any atom is -0.307 e. The predicted molar refractivity (Wildman–Crippen MR) is 141 cm³/mol. The Balaban J connectivity index is 1.31. The topological polar surface area (TPSA) is 113 Å². The maximum atomic E-state index is 13.7. The van der Waals surface area contributed by atoms with E-state index in [0.29, 0.717) is 23.2 Å². The van der Waals surface area contributed by atoms with E-state index in [1.807, 2.05) is 12.1 Å². The number of thiophene rings is 1. The first-order valence-electron chi connectivity index (χ1n) is 12.5. The molecule has 2 heterocycles. The average Bonchev–Trinajstić information content (AvgIpc) is 3.23. The highest BCUT2D eigenvalue weighted by Crippen LogP contribution is 2.62. The zero-order chi connectivity index (χ0) is 25.3. The van der Waals surface area contributed by atoms with E-state index >= 15 is 0 Å². The zero-order valence-electron chi connectivity index (χ0n) is 20.2. The zero-order valence-corrected chi connectivity index (χ0v) is 22.7. The van der Waals surface area contributed by atoms with Crippen LogP contribution in [0.1, 0.15) is 73.7 Å². The molecule has 36 heavy (non-hydrogen) atoms. The van der Waals surface area contributed by atoms with E-state index in [1.54, 1.807) is 16.3 Å². The molecule has 8 nitrogen and oxygen atoms in total. The van der Waals surface area contributed by atoms with Crippen LogP contribution in [0.2, 0.25) is 0 Å². The lowest BCUT2D eigenvalue weighted by Crippen LogP contribution is -2.40.